The molecule has 6 rings (SSSR count). The molecule has 0 bridgehead atoms. The molecule has 0 saturated heterocycles. The van der Waals surface area contributed by atoms with E-state index in [1.54, 1.807) is 24.5 Å². The molecule has 0 atom stereocenters. The minimum Gasteiger partial charge on any atom is -0.258 e. The number of non-ortho nitro benzene ring substituents is 1. The molecular formula is C35H10BF20N3O2. The standard InChI is InChI=1S/C24BF20.C11H10N3O2/c26-5-1(6(27)14(35)21(42)13(5)34)25(2-7(28)15(36)22(43)16(37)8(2)29,3-9(30)17(38)23(44)18(39)10(3)31)4-11(32)19(40)24(45)20(41)12(4)33;15-14(16)11-3-1-10(2-4-11)9-13-7-5-12-6-8-13/h;1-8H,9H2/q-1;+1. The summed E-state index contributed by atoms with van der Waals surface area (Å²) in [5.74, 6) is -71.4. The monoisotopic (exact) mass is 895 g/mol. The number of aromatic nitrogens is 2. The highest BCUT2D eigenvalue weighted by molar-refractivity contribution is 7.20. The van der Waals surface area contributed by atoms with E-state index in [1.807, 2.05) is 17.0 Å². The van der Waals surface area contributed by atoms with Gasteiger partial charge in [0.1, 0.15) is 52.7 Å². The van der Waals surface area contributed by atoms with Crippen molar-refractivity contribution in [3.8, 4) is 0 Å². The van der Waals surface area contributed by atoms with Crippen LogP contribution in [0, 0.1) is 126 Å². The lowest BCUT2D eigenvalue weighted by molar-refractivity contribution is -0.688. The molecule has 26 heteroatoms. The first-order valence-corrected chi connectivity index (χ1v) is 15.7. The molecule has 0 amide bonds. The first-order valence-electron chi connectivity index (χ1n) is 15.7. The highest BCUT2D eigenvalue weighted by Crippen LogP contribution is 2.30. The zero-order valence-corrected chi connectivity index (χ0v) is 28.6. The maximum Gasteiger partial charge on any atom is 0.269 e. The van der Waals surface area contributed by atoms with E-state index in [0.29, 0.717) is 6.54 Å². The third-order valence-electron chi connectivity index (χ3n) is 8.91. The van der Waals surface area contributed by atoms with E-state index in [1.165, 1.54) is 12.1 Å². The van der Waals surface area contributed by atoms with Crippen LogP contribution in [-0.4, -0.2) is 16.1 Å². The van der Waals surface area contributed by atoms with Crippen LogP contribution < -0.4 is 26.4 Å². The summed E-state index contributed by atoms with van der Waals surface area (Å²) in [7, 11) is 0. The van der Waals surface area contributed by atoms with Gasteiger partial charge in [-0.1, -0.05) is 0 Å². The third-order valence-corrected chi connectivity index (χ3v) is 8.91. The second-order valence-electron chi connectivity index (χ2n) is 12.1. The van der Waals surface area contributed by atoms with Crippen molar-refractivity contribution in [1.82, 2.24) is 4.98 Å². The average molecular weight is 895 g/mol. The van der Waals surface area contributed by atoms with Crippen molar-refractivity contribution >= 4 is 33.7 Å². The van der Waals surface area contributed by atoms with Gasteiger partial charge in [-0.05, 0) is 12.1 Å². The molecule has 0 unspecified atom stereocenters. The van der Waals surface area contributed by atoms with E-state index in [-0.39, 0.29) is 5.69 Å². The van der Waals surface area contributed by atoms with Crippen LogP contribution in [0.3, 0.4) is 0 Å². The molecule has 1 heterocycles. The summed E-state index contributed by atoms with van der Waals surface area (Å²) < 4.78 is 296. The summed E-state index contributed by atoms with van der Waals surface area (Å²) in [6.45, 7) is 0.681. The van der Waals surface area contributed by atoms with Crippen LogP contribution in [0.1, 0.15) is 5.56 Å². The van der Waals surface area contributed by atoms with Gasteiger partial charge in [0.15, 0.2) is 88.7 Å². The van der Waals surface area contributed by atoms with Crippen LogP contribution in [0.4, 0.5) is 93.5 Å². The summed E-state index contributed by atoms with van der Waals surface area (Å²) >= 11 is 0. The Morgan fingerprint density at radius 2 is 0.639 bits per heavy atom. The molecule has 0 aliphatic heterocycles. The summed E-state index contributed by atoms with van der Waals surface area (Å²) in [5, 5.41) is 10.5. The molecule has 320 valence electrons. The molecule has 61 heavy (non-hydrogen) atoms. The predicted octanol–water partition coefficient (Wildman–Crippen LogP) is 7.17. The zero-order valence-electron chi connectivity index (χ0n) is 28.6. The molecule has 0 fully saturated rings. The Bertz CT molecular complexity index is 2380. The molecule has 5 aromatic carbocycles. The topological polar surface area (TPSA) is 59.9 Å². The normalized spacial score (nSPS) is 11.5. The minimum atomic E-state index is -7.22. The average Bonchev–Trinajstić information content (AvgIpc) is 3.24. The minimum absolute atomic E-state index is 0.114. The zero-order chi connectivity index (χ0) is 45.7. The van der Waals surface area contributed by atoms with Gasteiger partial charge in [0.05, 0.1) is 17.3 Å². The largest absolute Gasteiger partial charge is 0.269 e. The molecule has 6 aromatic rings. The van der Waals surface area contributed by atoms with Crippen molar-refractivity contribution in [1.29, 1.82) is 0 Å². The molecule has 0 aliphatic rings. The maximum atomic E-state index is 15.4. The number of nitro benzene ring substituents is 1. The summed E-state index contributed by atoms with van der Waals surface area (Å²) in [4.78, 5) is 14.0. The van der Waals surface area contributed by atoms with E-state index >= 15 is 35.1 Å². The number of hydrogen-bond acceptors (Lipinski definition) is 3. The summed E-state index contributed by atoms with van der Waals surface area (Å²) in [6, 6.07) is 6.53. The quantitative estimate of drug-likeness (QED) is 0.0325. The van der Waals surface area contributed by atoms with Crippen molar-refractivity contribution < 1.29 is 97.3 Å². The van der Waals surface area contributed by atoms with Gasteiger partial charge >= 0.3 is 0 Å². The van der Waals surface area contributed by atoms with Crippen molar-refractivity contribution in [3.63, 3.8) is 0 Å². The van der Waals surface area contributed by atoms with Crippen molar-refractivity contribution in [2.75, 3.05) is 0 Å². The van der Waals surface area contributed by atoms with E-state index in [9.17, 15) is 62.8 Å². The van der Waals surface area contributed by atoms with Gasteiger partial charge in [0.25, 0.3) is 5.69 Å². The number of halogens is 20. The highest BCUT2D eigenvalue weighted by atomic mass is 19.2. The third kappa shape index (κ3) is 7.21. The molecular weight excluding hydrogens is 885 g/mol. The number of nitrogens with zero attached hydrogens (tertiary/aromatic N) is 3. The summed E-state index contributed by atoms with van der Waals surface area (Å²) in [5.41, 5.74) is -13.2. The smallest absolute Gasteiger partial charge is 0.258 e. The van der Waals surface area contributed by atoms with Crippen LogP contribution in [0.15, 0.2) is 49.1 Å². The first kappa shape index (κ1) is 45.3. The lowest BCUT2D eigenvalue weighted by Gasteiger charge is -2.44. The van der Waals surface area contributed by atoms with Crippen molar-refractivity contribution in [3.05, 3.63) is 181 Å². The second-order valence-corrected chi connectivity index (χ2v) is 12.1. The Morgan fingerprint density at radius 3 is 0.869 bits per heavy atom. The van der Waals surface area contributed by atoms with Crippen molar-refractivity contribution in [2.45, 2.75) is 6.54 Å². The molecule has 1 aromatic heterocycles. The van der Waals surface area contributed by atoms with Gasteiger partial charge in [-0.3, -0.25) is 15.1 Å². The first-order chi connectivity index (χ1) is 28.5. The fourth-order valence-corrected chi connectivity index (χ4v) is 6.26. The number of hydrogen-bond donors (Lipinski definition) is 0. The Morgan fingerprint density at radius 1 is 0.410 bits per heavy atom. The number of benzene rings is 5. The number of nitro groups is 1. The Labute approximate surface area is 323 Å². The Hall–Kier alpha value is -6.76. The van der Waals surface area contributed by atoms with Crippen LogP contribution in [0.25, 0.3) is 0 Å². The molecule has 0 aliphatic carbocycles. The Kier molecular flexibility index (Phi) is 12.4. The van der Waals surface area contributed by atoms with Gasteiger partial charge in [-0.2, -0.15) is 4.57 Å². The molecule has 0 saturated carbocycles. The van der Waals surface area contributed by atoms with E-state index in [4.69, 9.17) is 0 Å². The number of rotatable bonds is 7. The van der Waals surface area contributed by atoms with Gasteiger partial charge < -0.3 is 0 Å². The van der Waals surface area contributed by atoms with E-state index in [2.05, 4.69) is 4.98 Å². The van der Waals surface area contributed by atoms with E-state index < -0.39 is 149 Å². The van der Waals surface area contributed by atoms with Crippen molar-refractivity contribution in [2.24, 2.45) is 0 Å². The van der Waals surface area contributed by atoms with Gasteiger partial charge in [0.2, 0.25) is 0 Å². The van der Waals surface area contributed by atoms with Gasteiger partial charge in [-0.15, -0.1) is 21.9 Å². The van der Waals surface area contributed by atoms with Crippen LogP contribution in [0.2, 0.25) is 0 Å². The predicted molar refractivity (Wildman–Crippen MR) is 166 cm³/mol. The van der Waals surface area contributed by atoms with Crippen LogP contribution in [0.5, 0.6) is 0 Å². The Balaban J connectivity index is 0.000000366. The molecule has 0 spiro atoms. The fraction of sp³-hybridized carbons (Fsp3) is 0.0286. The lowest BCUT2D eigenvalue weighted by atomic mass is 9.12. The lowest BCUT2D eigenvalue weighted by Crippen LogP contribution is -2.81. The molecule has 0 radical (unpaired) electrons. The maximum absolute atomic E-state index is 15.4. The summed E-state index contributed by atoms with van der Waals surface area (Å²) in [6.07, 6.45) is -0.120. The SMILES string of the molecule is Fc1c(F)c(F)c([B-](c2c(F)c(F)c(F)c(F)c2F)(c2c(F)c(F)c(F)c(F)c2F)c2c(F)c(F)c(F)c(F)c2F)c(F)c1F.O=[N+]([O-])c1ccc(C[n+]2ccncc2)cc1. The van der Waals surface area contributed by atoms with Crippen LogP contribution in [-0.2, 0) is 6.54 Å². The van der Waals surface area contributed by atoms with Gasteiger partial charge in [0, 0.05) is 17.7 Å². The molecule has 5 nitrogen and oxygen atoms in total. The molecule has 0 N–H and O–H groups in total. The second kappa shape index (κ2) is 16.7. The fourth-order valence-electron chi connectivity index (χ4n) is 6.26. The highest BCUT2D eigenvalue weighted by Gasteiger charge is 2.52. The van der Waals surface area contributed by atoms with E-state index in [0.717, 1.165) is 5.56 Å². The van der Waals surface area contributed by atoms with Gasteiger partial charge in [-0.25, -0.2) is 87.8 Å². The van der Waals surface area contributed by atoms with Crippen LogP contribution >= 0.6 is 0 Å².